The van der Waals surface area contributed by atoms with E-state index in [-0.39, 0.29) is 24.8 Å². The van der Waals surface area contributed by atoms with Crippen molar-refractivity contribution >= 4 is 11.6 Å². The van der Waals surface area contributed by atoms with Crippen LogP contribution in [0.25, 0.3) is 0 Å². The Balaban J connectivity index is 1.70. The van der Waals surface area contributed by atoms with Crippen molar-refractivity contribution in [2.75, 3.05) is 25.9 Å². The van der Waals surface area contributed by atoms with Crippen molar-refractivity contribution < 1.29 is 19.0 Å². The van der Waals surface area contributed by atoms with E-state index >= 15 is 0 Å². The summed E-state index contributed by atoms with van der Waals surface area (Å²) in [5, 5.41) is 0. The molecule has 1 aliphatic carbocycles. The Bertz CT molecular complexity index is 512. The van der Waals surface area contributed by atoms with Crippen LogP contribution in [0.15, 0.2) is 24.3 Å². The van der Waals surface area contributed by atoms with Gasteiger partial charge >= 0.3 is 0 Å². The summed E-state index contributed by atoms with van der Waals surface area (Å²) in [6.45, 7) is 0.160. The lowest BCUT2D eigenvalue weighted by atomic mass is 9.91. The first kappa shape index (κ1) is 15.3. The maximum atomic E-state index is 12.4. The zero-order valence-electron chi connectivity index (χ0n) is 13.2. The third-order valence-corrected chi connectivity index (χ3v) is 4.45. The smallest absolute Gasteiger partial charge is 0.258 e. The number of amides is 1. The molecule has 5 heteroatoms. The molecule has 1 saturated carbocycles. The van der Waals surface area contributed by atoms with E-state index in [9.17, 15) is 4.79 Å². The van der Waals surface area contributed by atoms with E-state index in [1.54, 1.807) is 14.2 Å². The van der Waals surface area contributed by atoms with Crippen LogP contribution in [0.2, 0.25) is 0 Å². The molecule has 1 aromatic carbocycles. The summed E-state index contributed by atoms with van der Waals surface area (Å²) in [5.74, 6) is 1.65. The average Bonchev–Trinajstić information content (AvgIpc) is 3.36. The lowest BCUT2D eigenvalue weighted by Crippen LogP contribution is -2.66. The number of rotatable bonds is 8. The summed E-state index contributed by atoms with van der Waals surface area (Å²) < 4.78 is 15.7. The number of nitrogens with zero attached hydrogens (tertiary/aromatic N) is 1. The molecule has 0 spiro atoms. The minimum absolute atomic E-state index is 0.0167. The van der Waals surface area contributed by atoms with Crippen molar-refractivity contribution in [2.45, 2.75) is 37.8 Å². The zero-order valence-corrected chi connectivity index (χ0v) is 13.2. The fourth-order valence-electron chi connectivity index (χ4n) is 3.00. The SMILES string of the molecule is COCO[C@H]1C(=O)N(c2ccc(OC)cc2)[C@H]1CCC1CC1. The molecule has 1 amide bonds. The molecule has 1 aromatic rings. The predicted octanol–water partition coefficient (Wildman–Crippen LogP) is 2.59. The van der Waals surface area contributed by atoms with Crippen molar-refractivity contribution in [2.24, 2.45) is 5.92 Å². The van der Waals surface area contributed by atoms with Gasteiger partial charge < -0.3 is 19.1 Å². The predicted molar refractivity (Wildman–Crippen MR) is 83.0 cm³/mol. The number of ether oxygens (including phenoxy) is 3. The van der Waals surface area contributed by atoms with Gasteiger partial charge in [0.15, 0.2) is 6.10 Å². The van der Waals surface area contributed by atoms with Crippen molar-refractivity contribution in [1.29, 1.82) is 0 Å². The molecule has 2 aliphatic rings. The number of methoxy groups -OCH3 is 2. The van der Waals surface area contributed by atoms with Gasteiger partial charge in [-0.15, -0.1) is 0 Å². The van der Waals surface area contributed by atoms with Crippen LogP contribution < -0.4 is 9.64 Å². The Morgan fingerprint density at radius 2 is 1.86 bits per heavy atom. The highest BCUT2D eigenvalue weighted by Gasteiger charge is 2.49. The van der Waals surface area contributed by atoms with E-state index in [1.165, 1.54) is 12.8 Å². The fourth-order valence-corrected chi connectivity index (χ4v) is 3.00. The molecular formula is C17H23NO4. The van der Waals surface area contributed by atoms with Gasteiger partial charge in [-0.25, -0.2) is 0 Å². The van der Waals surface area contributed by atoms with E-state index in [2.05, 4.69) is 0 Å². The maximum absolute atomic E-state index is 12.4. The Kier molecular flexibility index (Phi) is 4.64. The first-order valence-electron chi connectivity index (χ1n) is 7.82. The number of benzene rings is 1. The minimum Gasteiger partial charge on any atom is -0.497 e. The summed E-state index contributed by atoms with van der Waals surface area (Å²) in [6, 6.07) is 7.71. The van der Waals surface area contributed by atoms with Crippen LogP contribution >= 0.6 is 0 Å². The highest BCUT2D eigenvalue weighted by atomic mass is 16.7. The van der Waals surface area contributed by atoms with Crippen molar-refractivity contribution in [1.82, 2.24) is 0 Å². The second-order valence-corrected chi connectivity index (χ2v) is 5.99. The van der Waals surface area contributed by atoms with Crippen LogP contribution in [-0.4, -0.2) is 39.1 Å². The molecule has 0 unspecified atom stereocenters. The monoisotopic (exact) mass is 305 g/mol. The van der Waals surface area contributed by atoms with Gasteiger partial charge in [0, 0.05) is 12.8 Å². The van der Waals surface area contributed by atoms with Gasteiger partial charge in [0.25, 0.3) is 5.91 Å². The second-order valence-electron chi connectivity index (χ2n) is 5.99. The minimum atomic E-state index is -0.374. The maximum Gasteiger partial charge on any atom is 0.258 e. The van der Waals surface area contributed by atoms with Gasteiger partial charge in [-0.3, -0.25) is 4.79 Å². The van der Waals surface area contributed by atoms with Crippen LogP contribution in [0.3, 0.4) is 0 Å². The molecule has 2 atom stereocenters. The number of hydrogen-bond donors (Lipinski definition) is 0. The summed E-state index contributed by atoms with van der Waals surface area (Å²) in [4.78, 5) is 14.3. The third kappa shape index (κ3) is 3.10. The fraction of sp³-hybridized carbons (Fsp3) is 0.588. The van der Waals surface area contributed by atoms with Crippen molar-refractivity contribution in [3.8, 4) is 5.75 Å². The van der Waals surface area contributed by atoms with Crippen LogP contribution in [0.4, 0.5) is 5.69 Å². The number of hydrogen-bond acceptors (Lipinski definition) is 4. The first-order chi connectivity index (χ1) is 10.7. The van der Waals surface area contributed by atoms with Crippen molar-refractivity contribution in [3.05, 3.63) is 24.3 Å². The Morgan fingerprint density at radius 1 is 1.14 bits per heavy atom. The summed E-state index contributed by atoms with van der Waals surface area (Å²) in [7, 11) is 3.21. The molecule has 1 saturated heterocycles. The normalized spacial score (nSPS) is 24.3. The zero-order chi connectivity index (χ0) is 15.5. The highest BCUT2D eigenvalue weighted by molar-refractivity contribution is 6.04. The molecule has 120 valence electrons. The first-order valence-corrected chi connectivity index (χ1v) is 7.82. The van der Waals surface area contributed by atoms with Crippen LogP contribution in [0.5, 0.6) is 5.75 Å². The molecule has 0 aromatic heterocycles. The molecule has 3 rings (SSSR count). The Hall–Kier alpha value is -1.59. The Labute approximate surface area is 131 Å². The number of carbonyl (C=O) groups is 1. The molecule has 1 heterocycles. The van der Waals surface area contributed by atoms with E-state index in [1.807, 2.05) is 29.2 Å². The van der Waals surface area contributed by atoms with Gasteiger partial charge in [0.1, 0.15) is 12.5 Å². The standard InChI is InChI=1S/C17H23NO4/c1-20-11-22-16-15(10-5-12-3-4-12)18(17(16)19)13-6-8-14(21-2)9-7-13/h6-9,12,15-16H,3-5,10-11H2,1-2H3/t15-,16+/m0/s1. The lowest BCUT2D eigenvalue weighted by Gasteiger charge is -2.46. The van der Waals surface area contributed by atoms with Gasteiger partial charge in [0.05, 0.1) is 13.2 Å². The molecule has 22 heavy (non-hydrogen) atoms. The number of anilines is 1. The molecule has 2 fully saturated rings. The van der Waals surface area contributed by atoms with Crippen LogP contribution in [0, 0.1) is 5.92 Å². The van der Waals surface area contributed by atoms with Gasteiger partial charge in [-0.05, 0) is 43.0 Å². The van der Waals surface area contributed by atoms with Gasteiger partial charge in [0.2, 0.25) is 0 Å². The number of carbonyl (C=O) groups excluding carboxylic acids is 1. The summed E-state index contributed by atoms with van der Waals surface area (Å²) >= 11 is 0. The average molecular weight is 305 g/mol. The van der Waals surface area contributed by atoms with E-state index in [0.29, 0.717) is 0 Å². The van der Waals surface area contributed by atoms with E-state index in [0.717, 1.165) is 30.2 Å². The van der Waals surface area contributed by atoms with Crippen LogP contribution in [-0.2, 0) is 14.3 Å². The summed E-state index contributed by atoms with van der Waals surface area (Å²) in [5.41, 5.74) is 0.906. The largest absolute Gasteiger partial charge is 0.497 e. The Morgan fingerprint density at radius 3 is 2.45 bits per heavy atom. The van der Waals surface area contributed by atoms with Gasteiger partial charge in [-0.1, -0.05) is 12.8 Å². The lowest BCUT2D eigenvalue weighted by molar-refractivity contribution is -0.154. The molecule has 0 radical (unpaired) electrons. The summed E-state index contributed by atoms with van der Waals surface area (Å²) in [6.07, 6.45) is 4.43. The van der Waals surface area contributed by atoms with E-state index < -0.39 is 0 Å². The second kappa shape index (κ2) is 6.67. The molecule has 5 nitrogen and oxygen atoms in total. The molecule has 1 aliphatic heterocycles. The number of β-lactam (4-membered cyclic amide) rings is 1. The molecule has 0 bridgehead atoms. The topological polar surface area (TPSA) is 48.0 Å². The third-order valence-electron chi connectivity index (χ3n) is 4.45. The van der Waals surface area contributed by atoms with E-state index in [4.69, 9.17) is 14.2 Å². The molecule has 0 N–H and O–H groups in total. The van der Waals surface area contributed by atoms with Gasteiger partial charge in [-0.2, -0.15) is 0 Å². The highest BCUT2D eigenvalue weighted by Crippen LogP contribution is 2.39. The van der Waals surface area contributed by atoms with Crippen LogP contribution in [0.1, 0.15) is 25.7 Å². The molecular weight excluding hydrogens is 282 g/mol. The quantitative estimate of drug-likeness (QED) is 0.547. The van der Waals surface area contributed by atoms with Crippen molar-refractivity contribution in [3.63, 3.8) is 0 Å².